The molecule has 0 aliphatic heterocycles. The summed E-state index contributed by atoms with van der Waals surface area (Å²) in [6.07, 6.45) is 2.81. The highest BCUT2D eigenvalue weighted by atomic mass is 19.1. The van der Waals surface area contributed by atoms with E-state index >= 15 is 0 Å². The van der Waals surface area contributed by atoms with Crippen molar-refractivity contribution in [3.63, 3.8) is 0 Å². The van der Waals surface area contributed by atoms with Crippen LogP contribution in [0.15, 0.2) is 30.5 Å². The van der Waals surface area contributed by atoms with Gasteiger partial charge in [-0.25, -0.2) is 9.07 Å². The molecule has 0 amide bonds. The Kier molecular flexibility index (Phi) is 4.73. The number of likely N-dealkylation sites (N-methyl/N-ethyl adjacent to an activating group) is 1. The molecule has 4 nitrogen and oxygen atoms in total. The second-order valence-electron chi connectivity index (χ2n) is 5.83. The van der Waals surface area contributed by atoms with Crippen molar-refractivity contribution < 1.29 is 4.39 Å². The molecule has 0 fully saturated rings. The van der Waals surface area contributed by atoms with Crippen molar-refractivity contribution in [2.75, 3.05) is 7.05 Å². The molecule has 1 atom stereocenters. The third-order valence-electron chi connectivity index (χ3n) is 3.98. The van der Waals surface area contributed by atoms with Gasteiger partial charge < -0.3 is 5.32 Å². The standard InChI is InChI=1S/C16H23FN4/c1-5-10-21-14(11-19-20-21)15(18-4)16(2,3)12-6-8-13(17)9-7-12/h6-9,11,15,18H,5,10H2,1-4H3. The predicted molar refractivity (Wildman–Crippen MR) is 81.5 cm³/mol. The Bertz CT molecular complexity index is 574. The molecule has 0 aliphatic carbocycles. The summed E-state index contributed by atoms with van der Waals surface area (Å²) in [6, 6.07) is 6.74. The highest BCUT2D eigenvalue weighted by Crippen LogP contribution is 2.36. The van der Waals surface area contributed by atoms with Crippen LogP contribution in [0.1, 0.15) is 44.5 Å². The van der Waals surface area contributed by atoms with Crippen LogP contribution in [0.3, 0.4) is 0 Å². The maximum Gasteiger partial charge on any atom is 0.123 e. The van der Waals surface area contributed by atoms with Crippen LogP contribution in [-0.4, -0.2) is 22.0 Å². The number of rotatable bonds is 6. The Balaban J connectivity index is 2.39. The average Bonchev–Trinajstić information content (AvgIpc) is 2.88. The van der Waals surface area contributed by atoms with Crippen molar-refractivity contribution in [3.05, 3.63) is 47.5 Å². The van der Waals surface area contributed by atoms with Crippen molar-refractivity contribution in [1.82, 2.24) is 20.3 Å². The predicted octanol–water partition coefficient (Wildman–Crippen LogP) is 3.07. The number of aromatic nitrogens is 3. The Morgan fingerprint density at radius 1 is 1.29 bits per heavy atom. The van der Waals surface area contributed by atoms with E-state index in [0.29, 0.717) is 0 Å². The van der Waals surface area contributed by atoms with Gasteiger partial charge in [0.25, 0.3) is 0 Å². The molecule has 0 saturated heterocycles. The fraction of sp³-hybridized carbons (Fsp3) is 0.500. The Hall–Kier alpha value is -1.75. The Morgan fingerprint density at radius 3 is 2.52 bits per heavy atom. The van der Waals surface area contributed by atoms with Gasteiger partial charge in [0.15, 0.2) is 0 Å². The quantitative estimate of drug-likeness (QED) is 0.889. The van der Waals surface area contributed by atoms with Gasteiger partial charge in [0.05, 0.1) is 17.9 Å². The molecule has 1 heterocycles. The Morgan fingerprint density at radius 2 is 1.95 bits per heavy atom. The van der Waals surface area contributed by atoms with Gasteiger partial charge in [0.1, 0.15) is 5.82 Å². The fourth-order valence-electron chi connectivity index (χ4n) is 2.80. The minimum Gasteiger partial charge on any atom is -0.311 e. The fourth-order valence-corrected chi connectivity index (χ4v) is 2.80. The molecule has 0 saturated carbocycles. The van der Waals surface area contributed by atoms with Crippen LogP contribution in [0.2, 0.25) is 0 Å². The second-order valence-corrected chi connectivity index (χ2v) is 5.83. The first-order valence-electron chi connectivity index (χ1n) is 7.32. The summed E-state index contributed by atoms with van der Waals surface area (Å²) in [5.74, 6) is -0.215. The lowest BCUT2D eigenvalue weighted by molar-refractivity contribution is 0.343. The van der Waals surface area contributed by atoms with E-state index in [1.54, 1.807) is 0 Å². The lowest BCUT2D eigenvalue weighted by atomic mass is 9.76. The molecule has 1 unspecified atom stereocenters. The number of benzene rings is 1. The first-order chi connectivity index (χ1) is 10.0. The van der Waals surface area contributed by atoms with Gasteiger partial charge in [-0.1, -0.05) is 38.1 Å². The summed E-state index contributed by atoms with van der Waals surface area (Å²) in [5, 5.41) is 11.6. The van der Waals surface area contributed by atoms with E-state index in [0.717, 1.165) is 24.2 Å². The number of halogens is 1. The number of aryl methyl sites for hydroxylation is 1. The van der Waals surface area contributed by atoms with E-state index in [2.05, 4.69) is 36.4 Å². The normalized spacial score (nSPS) is 13.4. The molecule has 0 bridgehead atoms. The van der Waals surface area contributed by atoms with E-state index in [1.807, 2.05) is 30.1 Å². The van der Waals surface area contributed by atoms with E-state index in [4.69, 9.17) is 0 Å². The molecular weight excluding hydrogens is 267 g/mol. The van der Waals surface area contributed by atoms with Crippen LogP contribution in [0.4, 0.5) is 4.39 Å². The highest BCUT2D eigenvalue weighted by molar-refractivity contribution is 5.29. The van der Waals surface area contributed by atoms with E-state index in [1.165, 1.54) is 12.1 Å². The largest absolute Gasteiger partial charge is 0.311 e. The molecular formula is C16H23FN4. The van der Waals surface area contributed by atoms with Crippen LogP contribution in [0.25, 0.3) is 0 Å². The number of nitrogens with zero attached hydrogens (tertiary/aromatic N) is 3. The van der Waals surface area contributed by atoms with Crippen molar-refractivity contribution in [1.29, 1.82) is 0 Å². The second kappa shape index (κ2) is 6.35. The molecule has 21 heavy (non-hydrogen) atoms. The first kappa shape index (κ1) is 15.6. The Labute approximate surface area is 125 Å². The smallest absolute Gasteiger partial charge is 0.123 e. The third kappa shape index (κ3) is 3.13. The van der Waals surface area contributed by atoms with Crippen LogP contribution >= 0.6 is 0 Å². The monoisotopic (exact) mass is 290 g/mol. The van der Waals surface area contributed by atoms with Crippen molar-refractivity contribution in [2.45, 2.75) is 45.2 Å². The summed E-state index contributed by atoms with van der Waals surface area (Å²) < 4.78 is 15.1. The van der Waals surface area contributed by atoms with Gasteiger partial charge in [-0.05, 0) is 31.2 Å². The molecule has 2 aromatic rings. The summed E-state index contributed by atoms with van der Waals surface area (Å²) in [4.78, 5) is 0. The summed E-state index contributed by atoms with van der Waals surface area (Å²) >= 11 is 0. The molecule has 0 radical (unpaired) electrons. The van der Waals surface area contributed by atoms with Crippen LogP contribution in [-0.2, 0) is 12.0 Å². The van der Waals surface area contributed by atoms with Gasteiger partial charge in [-0.2, -0.15) is 0 Å². The number of nitrogens with one attached hydrogen (secondary N) is 1. The number of hydrogen-bond donors (Lipinski definition) is 1. The van der Waals surface area contributed by atoms with E-state index in [9.17, 15) is 4.39 Å². The molecule has 5 heteroatoms. The molecule has 0 aliphatic rings. The SMILES string of the molecule is CCCn1nncc1C(NC)C(C)(C)c1ccc(F)cc1. The van der Waals surface area contributed by atoms with Crippen LogP contribution in [0.5, 0.6) is 0 Å². The summed E-state index contributed by atoms with van der Waals surface area (Å²) in [7, 11) is 1.93. The summed E-state index contributed by atoms with van der Waals surface area (Å²) in [5.41, 5.74) is 1.91. The van der Waals surface area contributed by atoms with Crippen molar-refractivity contribution in [3.8, 4) is 0 Å². The van der Waals surface area contributed by atoms with E-state index in [-0.39, 0.29) is 17.3 Å². The van der Waals surface area contributed by atoms with Crippen molar-refractivity contribution in [2.24, 2.45) is 0 Å². The van der Waals surface area contributed by atoms with Crippen molar-refractivity contribution >= 4 is 0 Å². The highest BCUT2D eigenvalue weighted by Gasteiger charge is 2.34. The maximum absolute atomic E-state index is 13.2. The lowest BCUT2D eigenvalue weighted by Crippen LogP contribution is -2.37. The first-order valence-corrected chi connectivity index (χ1v) is 7.32. The van der Waals surface area contributed by atoms with Gasteiger partial charge >= 0.3 is 0 Å². The van der Waals surface area contributed by atoms with Crippen LogP contribution in [0, 0.1) is 5.82 Å². The topological polar surface area (TPSA) is 42.7 Å². The molecule has 1 N–H and O–H groups in total. The van der Waals surface area contributed by atoms with Gasteiger partial charge in [-0.3, -0.25) is 0 Å². The minimum absolute atomic E-state index is 0.0458. The molecule has 1 aromatic carbocycles. The molecule has 0 spiro atoms. The molecule has 114 valence electrons. The zero-order valence-electron chi connectivity index (χ0n) is 13.1. The summed E-state index contributed by atoms with van der Waals surface area (Å²) in [6.45, 7) is 7.24. The molecule has 2 rings (SSSR count). The minimum atomic E-state index is -0.215. The zero-order valence-corrected chi connectivity index (χ0v) is 13.1. The molecule has 1 aromatic heterocycles. The number of hydrogen-bond acceptors (Lipinski definition) is 3. The van der Waals surface area contributed by atoms with Gasteiger partial charge in [-0.15, -0.1) is 5.10 Å². The zero-order chi connectivity index (χ0) is 15.5. The van der Waals surface area contributed by atoms with Gasteiger partial charge in [0.2, 0.25) is 0 Å². The van der Waals surface area contributed by atoms with E-state index < -0.39 is 0 Å². The lowest BCUT2D eigenvalue weighted by Gasteiger charge is -2.34. The van der Waals surface area contributed by atoms with Crippen LogP contribution < -0.4 is 5.32 Å². The van der Waals surface area contributed by atoms with Gasteiger partial charge in [0, 0.05) is 12.0 Å². The maximum atomic E-state index is 13.2. The average molecular weight is 290 g/mol. The third-order valence-corrected chi connectivity index (χ3v) is 3.98.